The zero-order chi connectivity index (χ0) is 20.7. The molecule has 1 aromatic heterocycles. The van der Waals surface area contributed by atoms with Crippen molar-refractivity contribution >= 4 is 44.8 Å². The van der Waals surface area contributed by atoms with Gasteiger partial charge in [0.15, 0.2) is 0 Å². The Morgan fingerprint density at radius 3 is 2.80 bits per heavy atom. The highest BCUT2D eigenvalue weighted by molar-refractivity contribution is 14.1. The molecule has 0 aliphatic carbocycles. The Labute approximate surface area is 193 Å². The van der Waals surface area contributed by atoms with Crippen LogP contribution in [0.5, 0.6) is 5.75 Å². The van der Waals surface area contributed by atoms with Crippen molar-refractivity contribution < 1.29 is 9.53 Å². The molecule has 154 valence electrons. The summed E-state index contributed by atoms with van der Waals surface area (Å²) in [4.78, 5) is 16.8. The number of fused-ring (bicyclic) bond motifs is 3. The number of nitrogens with zero attached hydrogens (tertiary/aromatic N) is 1. The lowest BCUT2D eigenvalue weighted by molar-refractivity contribution is 0.0934. The fourth-order valence-corrected chi connectivity index (χ4v) is 6.25. The van der Waals surface area contributed by atoms with E-state index in [-0.39, 0.29) is 12.1 Å². The monoisotopic (exact) mass is 531 g/mol. The molecule has 1 unspecified atom stereocenters. The van der Waals surface area contributed by atoms with Gasteiger partial charge in [0.25, 0.3) is 5.91 Å². The quantitative estimate of drug-likeness (QED) is 0.477. The molecule has 3 heterocycles. The largest absolute Gasteiger partial charge is 0.496 e. The Kier molecular flexibility index (Phi) is 5.43. The van der Waals surface area contributed by atoms with Crippen molar-refractivity contribution in [3.8, 4) is 5.75 Å². The summed E-state index contributed by atoms with van der Waals surface area (Å²) in [7, 11) is 1.67. The third-order valence-corrected chi connectivity index (χ3v) is 7.66. The third-order valence-electron chi connectivity index (χ3n) is 5.67. The van der Waals surface area contributed by atoms with Crippen molar-refractivity contribution in [3.05, 3.63) is 79.2 Å². The maximum Gasteiger partial charge on any atom is 0.256 e. The van der Waals surface area contributed by atoms with Crippen LogP contribution in [0, 0.1) is 3.57 Å². The SMILES string of the molecule is COc1ccc(C2NC(=O)c3c(sc4c3CCN(Cc3ccccc3)C4)N2)cc1I. The normalized spacial score (nSPS) is 18.2. The summed E-state index contributed by atoms with van der Waals surface area (Å²) in [5.41, 5.74) is 4.41. The van der Waals surface area contributed by atoms with Crippen molar-refractivity contribution in [2.24, 2.45) is 0 Å². The number of nitrogens with one attached hydrogen (secondary N) is 2. The van der Waals surface area contributed by atoms with E-state index in [1.807, 2.05) is 12.1 Å². The third kappa shape index (κ3) is 3.70. The molecule has 0 fully saturated rings. The first-order valence-corrected chi connectivity index (χ1v) is 11.8. The topological polar surface area (TPSA) is 53.6 Å². The van der Waals surface area contributed by atoms with Gasteiger partial charge in [0.2, 0.25) is 0 Å². The molecule has 0 spiro atoms. The number of hydrogen-bond donors (Lipinski definition) is 2. The molecule has 2 N–H and O–H groups in total. The summed E-state index contributed by atoms with van der Waals surface area (Å²) < 4.78 is 6.38. The maximum absolute atomic E-state index is 13.0. The van der Waals surface area contributed by atoms with Gasteiger partial charge in [-0.05, 0) is 57.8 Å². The number of halogens is 1. The average molecular weight is 531 g/mol. The van der Waals surface area contributed by atoms with Crippen LogP contribution in [-0.4, -0.2) is 24.5 Å². The lowest BCUT2D eigenvalue weighted by Gasteiger charge is -2.28. The average Bonchev–Trinajstić information content (AvgIpc) is 3.12. The zero-order valence-corrected chi connectivity index (χ0v) is 19.5. The molecular formula is C23H22IN3O2S. The van der Waals surface area contributed by atoms with Gasteiger partial charge in [0, 0.05) is 24.5 Å². The minimum Gasteiger partial charge on any atom is -0.496 e. The van der Waals surface area contributed by atoms with Crippen LogP contribution in [0.3, 0.4) is 0 Å². The number of ether oxygens (including phenoxy) is 1. The molecule has 2 aromatic carbocycles. The van der Waals surface area contributed by atoms with Crippen molar-refractivity contribution in [3.63, 3.8) is 0 Å². The maximum atomic E-state index is 13.0. The molecule has 1 amide bonds. The fraction of sp³-hybridized carbons (Fsp3) is 0.261. The molecular weight excluding hydrogens is 509 g/mol. The Hall–Kier alpha value is -2.10. The van der Waals surface area contributed by atoms with E-state index in [9.17, 15) is 4.79 Å². The highest BCUT2D eigenvalue weighted by Gasteiger charge is 2.33. The van der Waals surface area contributed by atoms with E-state index in [1.165, 1.54) is 16.0 Å². The van der Waals surface area contributed by atoms with E-state index in [0.717, 1.165) is 51.5 Å². The standard InChI is InChI=1S/C23H22IN3O2S/c1-29-18-8-7-15(11-17(18)24)21-25-22(28)20-16-9-10-27(12-14-5-3-2-4-6-14)13-19(16)30-23(20)26-21/h2-8,11,21,26H,9-10,12-13H2,1H3,(H,25,28). The van der Waals surface area contributed by atoms with Crippen molar-refractivity contribution in [1.29, 1.82) is 0 Å². The first-order chi connectivity index (χ1) is 14.6. The van der Waals surface area contributed by atoms with E-state index in [0.29, 0.717) is 0 Å². The van der Waals surface area contributed by atoms with Crippen LogP contribution in [0.15, 0.2) is 48.5 Å². The van der Waals surface area contributed by atoms with E-state index in [1.54, 1.807) is 18.4 Å². The number of thiophene rings is 1. The summed E-state index contributed by atoms with van der Waals surface area (Å²) in [6, 6.07) is 16.6. The number of benzene rings is 2. The van der Waals surface area contributed by atoms with E-state index < -0.39 is 0 Å². The first-order valence-electron chi connectivity index (χ1n) is 9.94. The molecule has 5 nitrogen and oxygen atoms in total. The van der Waals surface area contributed by atoms with Gasteiger partial charge >= 0.3 is 0 Å². The predicted octanol–water partition coefficient (Wildman–Crippen LogP) is 4.77. The van der Waals surface area contributed by atoms with Gasteiger partial charge in [-0.2, -0.15) is 0 Å². The molecule has 30 heavy (non-hydrogen) atoms. The lowest BCUT2D eigenvalue weighted by atomic mass is 10.00. The van der Waals surface area contributed by atoms with Gasteiger partial charge in [-0.1, -0.05) is 36.4 Å². The summed E-state index contributed by atoms with van der Waals surface area (Å²) in [6.07, 6.45) is 0.679. The molecule has 2 aliphatic heterocycles. The minimum atomic E-state index is -0.232. The van der Waals surface area contributed by atoms with Gasteiger partial charge in [-0.25, -0.2) is 0 Å². The summed E-state index contributed by atoms with van der Waals surface area (Å²) in [5.74, 6) is 0.862. The second-order valence-electron chi connectivity index (χ2n) is 7.60. The highest BCUT2D eigenvalue weighted by Crippen LogP contribution is 2.41. The van der Waals surface area contributed by atoms with Crippen LogP contribution in [-0.2, 0) is 19.5 Å². The van der Waals surface area contributed by atoms with Crippen LogP contribution < -0.4 is 15.4 Å². The van der Waals surface area contributed by atoms with E-state index in [2.05, 4.69) is 74.5 Å². The highest BCUT2D eigenvalue weighted by atomic mass is 127. The molecule has 2 aliphatic rings. The van der Waals surface area contributed by atoms with Crippen molar-refractivity contribution in [1.82, 2.24) is 10.2 Å². The number of hydrogen-bond acceptors (Lipinski definition) is 5. The number of carbonyl (C=O) groups is 1. The van der Waals surface area contributed by atoms with Gasteiger partial charge < -0.3 is 15.4 Å². The van der Waals surface area contributed by atoms with Crippen LogP contribution >= 0.6 is 33.9 Å². The molecule has 3 aromatic rings. The van der Waals surface area contributed by atoms with Crippen LogP contribution in [0.4, 0.5) is 5.00 Å². The molecule has 1 atom stereocenters. The number of methoxy groups -OCH3 is 1. The second kappa shape index (κ2) is 8.20. The Morgan fingerprint density at radius 2 is 2.03 bits per heavy atom. The predicted molar refractivity (Wildman–Crippen MR) is 128 cm³/mol. The summed E-state index contributed by atoms with van der Waals surface area (Å²) in [6.45, 7) is 2.80. The van der Waals surface area contributed by atoms with Gasteiger partial charge in [0.1, 0.15) is 16.9 Å². The van der Waals surface area contributed by atoms with Crippen molar-refractivity contribution in [2.45, 2.75) is 25.7 Å². The first kappa shape index (κ1) is 19.8. The van der Waals surface area contributed by atoms with E-state index in [4.69, 9.17) is 4.74 Å². The lowest BCUT2D eigenvalue weighted by Crippen LogP contribution is -2.38. The Bertz CT molecular complexity index is 1100. The molecule has 0 bridgehead atoms. The number of anilines is 1. The van der Waals surface area contributed by atoms with E-state index >= 15 is 0 Å². The molecule has 0 saturated carbocycles. The summed E-state index contributed by atoms with van der Waals surface area (Å²) in [5, 5.41) is 7.68. The molecule has 5 rings (SSSR count). The molecule has 7 heteroatoms. The molecule has 0 radical (unpaired) electrons. The van der Waals surface area contributed by atoms with Gasteiger partial charge in [-0.3, -0.25) is 9.69 Å². The zero-order valence-electron chi connectivity index (χ0n) is 16.6. The van der Waals surface area contributed by atoms with Crippen molar-refractivity contribution in [2.75, 3.05) is 19.0 Å². The van der Waals surface area contributed by atoms with Crippen LogP contribution in [0.2, 0.25) is 0 Å². The fourth-order valence-electron chi connectivity index (χ4n) is 4.17. The number of carbonyl (C=O) groups excluding carboxylic acids is 1. The summed E-state index contributed by atoms with van der Waals surface area (Å²) >= 11 is 3.99. The van der Waals surface area contributed by atoms with Gasteiger partial charge in [0.05, 0.1) is 16.2 Å². The second-order valence-corrected chi connectivity index (χ2v) is 9.87. The van der Waals surface area contributed by atoms with Gasteiger partial charge in [-0.15, -0.1) is 11.3 Å². The molecule has 0 saturated heterocycles. The van der Waals surface area contributed by atoms with Crippen LogP contribution in [0.1, 0.15) is 38.1 Å². The number of amides is 1. The number of rotatable bonds is 4. The van der Waals surface area contributed by atoms with Crippen LogP contribution in [0.25, 0.3) is 0 Å². The smallest absolute Gasteiger partial charge is 0.256 e. The minimum absolute atomic E-state index is 0.0218. The Morgan fingerprint density at radius 1 is 1.20 bits per heavy atom. The Balaban J connectivity index is 1.37.